The molecule has 24 heavy (non-hydrogen) atoms. The van der Waals surface area contributed by atoms with E-state index in [1.54, 1.807) is 16.7 Å². The molecule has 0 N–H and O–H groups in total. The summed E-state index contributed by atoms with van der Waals surface area (Å²) < 4.78 is 18.0. The van der Waals surface area contributed by atoms with Gasteiger partial charge in [-0.05, 0) is 30.0 Å². The van der Waals surface area contributed by atoms with Crippen molar-refractivity contribution in [3.05, 3.63) is 57.4 Å². The normalized spacial score (nSPS) is 11.6. The molecule has 0 spiro atoms. The van der Waals surface area contributed by atoms with Crippen LogP contribution in [0.5, 0.6) is 0 Å². The molecule has 0 fully saturated rings. The molecule has 122 valence electrons. The van der Waals surface area contributed by atoms with Gasteiger partial charge in [0.05, 0.1) is 5.52 Å². The Hall–Kier alpha value is -2.19. The van der Waals surface area contributed by atoms with E-state index in [2.05, 4.69) is 10.2 Å². The van der Waals surface area contributed by atoms with Gasteiger partial charge in [-0.2, -0.15) is 0 Å². The fourth-order valence-electron chi connectivity index (χ4n) is 2.64. The number of nitrogens with zero attached hydrogens (tertiary/aromatic N) is 4. The Labute approximate surface area is 144 Å². The largest absolute Gasteiger partial charge is 0.276 e. The Balaban J connectivity index is 1.84. The second kappa shape index (κ2) is 6.03. The van der Waals surface area contributed by atoms with Crippen LogP contribution in [0.15, 0.2) is 45.7 Å². The molecule has 0 aliphatic rings. The van der Waals surface area contributed by atoms with Gasteiger partial charge in [0.1, 0.15) is 10.5 Å². The lowest BCUT2D eigenvalue weighted by atomic mass is 10.2. The van der Waals surface area contributed by atoms with E-state index in [1.165, 1.54) is 29.2 Å². The van der Waals surface area contributed by atoms with Gasteiger partial charge in [0.25, 0.3) is 5.56 Å². The summed E-state index contributed by atoms with van der Waals surface area (Å²) in [5.74, 6) is 0.735. The molecule has 4 aromatic rings. The maximum atomic E-state index is 13.8. The third-order valence-corrected chi connectivity index (χ3v) is 5.68. The molecular weight excluding hydrogens is 347 g/mol. The van der Waals surface area contributed by atoms with E-state index in [4.69, 9.17) is 0 Å². The van der Waals surface area contributed by atoms with E-state index in [0.29, 0.717) is 33.5 Å². The van der Waals surface area contributed by atoms with Gasteiger partial charge in [0.2, 0.25) is 5.78 Å². The van der Waals surface area contributed by atoms with Gasteiger partial charge in [0, 0.05) is 12.3 Å². The SMILES string of the molecule is CCn1c(=O)c2sccc2n2c(SCc3ccccc3F)nnc12. The molecule has 3 heterocycles. The van der Waals surface area contributed by atoms with Crippen LogP contribution in [-0.2, 0) is 12.3 Å². The van der Waals surface area contributed by atoms with Gasteiger partial charge < -0.3 is 0 Å². The lowest BCUT2D eigenvalue weighted by Gasteiger charge is -2.07. The Bertz CT molecular complexity index is 1100. The lowest BCUT2D eigenvalue weighted by Crippen LogP contribution is -2.21. The van der Waals surface area contributed by atoms with E-state index in [9.17, 15) is 9.18 Å². The second-order valence-electron chi connectivity index (χ2n) is 5.18. The average molecular weight is 360 g/mol. The van der Waals surface area contributed by atoms with Crippen LogP contribution in [0.2, 0.25) is 0 Å². The first-order chi connectivity index (χ1) is 11.7. The fourth-order valence-corrected chi connectivity index (χ4v) is 4.39. The predicted octanol–water partition coefficient (Wildman–Crippen LogP) is 3.56. The van der Waals surface area contributed by atoms with Gasteiger partial charge in [0.15, 0.2) is 5.16 Å². The van der Waals surface area contributed by atoms with Crippen LogP contribution in [0.25, 0.3) is 16.0 Å². The molecule has 3 aromatic heterocycles. The highest BCUT2D eigenvalue weighted by Crippen LogP contribution is 2.27. The van der Waals surface area contributed by atoms with Crippen molar-refractivity contribution in [2.24, 2.45) is 0 Å². The first-order valence-electron chi connectivity index (χ1n) is 7.42. The van der Waals surface area contributed by atoms with E-state index < -0.39 is 0 Å². The molecule has 4 rings (SSSR count). The number of aromatic nitrogens is 4. The Morgan fingerprint density at radius 3 is 2.88 bits per heavy atom. The number of rotatable bonds is 4. The van der Waals surface area contributed by atoms with Crippen LogP contribution >= 0.6 is 23.1 Å². The highest BCUT2D eigenvalue weighted by atomic mass is 32.2. The second-order valence-corrected chi connectivity index (χ2v) is 7.04. The first kappa shape index (κ1) is 15.3. The van der Waals surface area contributed by atoms with Crippen molar-refractivity contribution in [3.63, 3.8) is 0 Å². The highest BCUT2D eigenvalue weighted by Gasteiger charge is 2.17. The molecule has 0 aliphatic heterocycles. The number of hydrogen-bond acceptors (Lipinski definition) is 5. The van der Waals surface area contributed by atoms with E-state index >= 15 is 0 Å². The zero-order chi connectivity index (χ0) is 16.7. The number of thioether (sulfide) groups is 1. The maximum Gasteiger partial charge on any atom is 0.272 e. The van der Waals surface area contributed by atoms with Crippen LogP contribution in [-0.4, -0.2) is 19.2 Å². The Morgan fingerprint density at radius 2 is 2.08 bits per heavy atom. The molecule has 0 atom stereocenters. The minimum Gasteiger partial charge on any atom is -0.276 e. The quantitative estimate of drug-likeness (QED) is 0.522. The molecule has 0 amide bonds. The van der Waals surface area contributed by atoms with Crippen LogP contribution in [0, 0.1) is 5.82 Å². The standard InChI is InChI=1S/C16H13FN4OS2/c1-2-20-14(22)13-12(7-8-23-13)21-15(20)18-19-16(21)24-9-10-5-3-4-6-11(10)17/h3-8H,2,9H2,1H3. The van der Waals surface area contributed by atoms with Gasteiger partial charge in [-0.3, -0.25) is 13.8 Å². The molecule has 5 nitrogen and oxygen atoms in total. The molecule has 0 radical (unpaired) electrons. The number of halogens is 1. The molecule has 0 saturated heterocycles. The van der Waals surface area contributed by atoms with Gasteiger partial charge >= 0.3 is 0 Å². The third kappa shape index (κ3) is 2.33. The average Bonchev–Trinajstić information content (AvgIpc) is 3.21. The summed E-state index contributed by atoms with van der Waals surface area (Å²) in [5.41, 5.74) is 1.36. The minimum atomic E-state index is -0.232. The van der Waals surface area contributed by atoms with Crippen LogP contribution in [0.3, 0.4) is 0 Å². The summed E-state index contributed by atoms with van der Waals surface area (Å²) in [5, 5.41) is 10.9. The van der Waals surface area contributed by atoms with Crippen molar-refractivity contribution in [2.75, 3.05) is 0 Å². The smallest absolute Gasteiger partial charge is 0.272 e. The molecule has 0 aliphatic carbocycles. The predicted molar refractivity (Wildman–Crippen MR) is 94.3 cm³/mol. The summed E-state index contributed by atoms with van der Waals surface area (Å²) >= 11 is 2.81. The van der Waals surface area contributed by atoms with E-state index in [-0.39, 0.29) is 11.4 Å². The van der Waals surface area contributed by atoms with Crippen molar-refractivity contribution in [3.8, 4) is 0 Å². The van der Waals surface area contributed by atoms with Crippen LogP contribution in [0.4, 0.5) is 4.39 Å². The topological polar surface area (TPSA) is 52.2 Å². The molecular formula is C16H13FN4OS2. The minimum absolute atomic E-state index is 0.0481. The number of fused-ring (bicyclic) bond motifs is 3. The molecule has 0 bridgehead atoms. The zero-order valence-electron chi connectivity index (χ0n) is 12.8. The van der Waals surface area contributed by atoms with Crippen molar-refractivity contribution in [1.29, 1.82) is 0 Å². The molecule has 1 aromatic carbocycles. The highest BCUT2D eigenvalue weighted by molar-refractivity contribution is 7.98. The summed E-state index contributed by atoms with van der Waals surface area (Å²) in [6, 6.07) is 8.58. The Kier molecular flexibility index (Phi) is 3.85. The van der Waals surface area contributed by atoms with Crippen molar-refractivity contribution in [1.82, 2.24) is 19.2 Å². The number of benzene rings is 1. The number of aryl methyl sites for hydroxylation is 1. The van der Waals surface area contributed by atoms with E-state index in [1.807, 2.05) is 28.8 Å². The fraction of sp³-hybridized carbons (Fsp3) is 0.188. The summed E-state index contributed by atoms with van der Waals surface area (Å²) in [7, 11) is 0. The molecule has 0 unspecified atom stereocenters. The Morgan fingerprint density at radius 1 is 1.25 bits per heavy atom. The van der Waals surface area contributed by atoms with E-state index in [0.717, 1.165) is 5.52 Å². The van der Waals surface area contributed by atoms with Crippen LogP contribution < -0.4 is 5.56 Å². The van der Waals surface area contributed by atoms with Gasteiger partial charge in [-0.15, -0.1) is 21.5 Å². The maximum absolute atomic E-state index is 13.8. The first-order valence-corrected chi connectivity index (χ1v) is 9.28. The molecule has 0 saturated carbocycles. The van der Waals surface area contributed by atoms with Crippen molar-refractivity contribution < 1.29 is 4.39 Å². The van der Waals surface area contributed by atoms with Crippen molar-refractivity contribution in [2.45, 2.75) is 24.4 Å². The lowest BCUT2D eigenvalue weighted by molar-refractivity contribution is 0.617. The van der Waals surface area contributed by atoms with Crippen LogP contribution in [0.1, 0.15) is 12.5 Å². The number of thiophene rings is 1. The number of hydrogen-bond donors (Lipinski definition) is 0. The summed E-state index contributed by atoms with van der Waals surface area (Å²) in [6.45, 7) is 2.42. The molecule has 8 heteroatoms. The third-order valence-electron chi connectivity index (χ3n) is 3.81. The zero-order valence-corrected chi connectivity index (χ0v) is 14.4. The van der Waals surface area contributed by atoms with Crippen molar-refractivity contribution >= 4 is 39.1 Å². The van der Waals surface area contributed by atoms with Gasteiger partial charge in [-0.25, -0.2) is 4.39 Å². The van der Waals surface area contributed by atoms with Gasteiger partial charge in [-0.1, -0.05) is 30.0 Å². The monoisotopic (exact) mass is 360 g/mol. The summed E-state index contributed by atoms with van der Waals surface area (Å²) in [4.78, 5) is 12.5. The summed E-state index contributed by atoms with van der Waals surface area (Å²) in [6.07, 6.45) is 0.